The zero-order valence-corrected chi connectivity index (χ0v) is 20.7. The monoisotopic (exact) mass is 493 g/mol. The van der Waals surface area contributed by atoms with Crippen LogP contribution in [0.5, 0.6) is 0 Å². The molecule has 3 N–H and O–H groups in total. The van der Waals surface area contributed by atoms with Gasteiger partial charge in [0.1, 0.15) is 23.9 Å². The molecule has 1 fully saturated rings. The minimum Gasteiger partial charge on any atom is -0.384 e. The van der Waals surface area contributed by atoms with Crippen molar-refractivity contribution in [3.05, 3.63) is 124 Å². The second-order valence-corrected chi connectivity index (χ2v) is 9.91. The van der Waals surface area contributed by atoms with E-state index in [1.54, 1.807) is 0 Å². The first kappa shape index (κ1) is 23.4. The van der Waals surface area contributed by atoms with Crippen LogP contribution in [0, 0.1) is 6.92 Å². The van der Waals surface area contributed by atoms with Gasteiger partial charge in [0.15, 0.2) is 0 Å². The first-order chi connectivity index (χ1) is 17.9. The molecule has 1 saturated carbocycles. The van der Waals surface area contributed by atoms with Gasteiger partial charge in [-0.2, -0.15) is 0 Å². The number of halogens is 1. The molecule has 1 aliphatic carbocycles. The molecule has 0 saturated heterocycles. The van der Waals surface area contributed by atoms with Crippen molar-refractivity contribution in [1.82, 2.24) is 10.3 Å². The predicted molar refractivity (Wildman–Crippen MR) is 143 cm³/mol. The summed E-state index contributed by atoms with van der Waals surface area (Å²) in [6, 6.07) is 13.5. The number of fused-ring (bicyclic) bond motifs is 8. The summed E-state index contributed by atoms with van der Waals surface area (Å²) in [6.07, 6.45) is 4.48. The van der Waals surface area contributed by atoms with Crippen LogP contribution in [0.2, 0.25) is 0 Å². The summed E-state index contributed by atoms with van der Waals surface area (Å²) in [6.45, 7) is 9.62. The lowest BCUT2D eigenvalue weighted by molar-refractivity contribution is 0.0857. The van der Waals surface area contributed by atoms with Gasteiger partial charge in [-0.3, -0.25) is 4.79 Å². The van der Waals surface area contributed by atoms with Crippen molar-refractivity contribution >= 4 is 17.3 Å². The van der Waals surface area contributed by atoms with Crippen LogP contribution in [0.4, 0.5) is 10.2 Å². The Morgan fingerprint density at radius 2 is 1.68 bits per heavy atom. The summed E-state index contributed by atoms with van der Waals surface area (Å²) in [5, 5.41) is 3.07. The number of ether oxygens (including phenoxy) is 1. The zero-order valence-electron chi connectivity index (χ0n) is 20.7. The molecule has 6 heteroatoms. The molecule has 3 aromatic rings. The molecule has 186 valence electrons. The van der Waals surface area contributed by atoms with E-state index in [4.69, 9.17) is 10.5 Å². The first-order valence-corrected chi connectivity index (χ1v) is 12.5. The fourth-order valence-corrected chi connectivity index (χ4v) is 5.63. The van der Waals surface area contributed by atoms with Crippen molar-refractivity contribution in [1.29, 1.82) is 0 Å². The Balaban J connectivity index is 1.26. The molecular formula is C31H28FN3O2. The lowest BCUT2D eigenvalue weighted by atomic mass is 9.83. The third kappa shape index (κ3) is 3.89. The van der Waals surface area contributed by atoms with Crippen LogP contribution in [-0.2, 0) is 11.3 Å². The summed E-state index contributed by atoms with van der Waals surface area (Å²) in [5.74, 6) is 0.455. The Bertz CT molecular complexity index is 1520. The summed E-state index contributed by atoms with van der Waals surface area (Å²) in [4.78, 5) is 17.6. The average Bonchev–Trinajstić information content (AvgIpc) is 3.59. The molecule has 6 rings (SSSR count). The number of nitrogens with zero attached hydrogens (tertiary/aromatic N) is 1. The Morgan fingerprint density at radius 1 is 1.03 bits per heavy atom. The molecule has 5 nitrogen and oxygen atoms in total. The van der Waals surface area contributed by atoms with Crippen molar-refractivity contribution in [2.75, 3.05) is 5.73 Å². The van der Waals surface area contributed by atoms with E-state index in [1.807, 2.05) is 49.4 Å². The zero-order chi connectivity index (χ0) is 25.8. The molecule has 2 aliphatic heterocycles. The second-order valence-electron chi connectivity index (χ2n) is 9.91. The molecule has 2 bridgehead atoms. The Kier molecular flexibility index (Phi) is 5.57. The minimum atomic E-state index is -0.422. The van der Waals surface area contributed by atoms with Gasteiger partial charge in [0.2, 0.25) is 0 Å². The highest BCUT2D eigenvalue weighted by Crippen LogP contribution is 2.54. The number of hydrogen-bond donors (Lipinski definition) is 2. The lowest BCUT2D eigenvalue weighted by Crippen LogP contribution is -2.24. The number of nitrogens with two attached hydrogens (primary N) is 1. The minimum absolute atomic E-state index is 0.151. The van der Waals surface area contributed by atoms with Gasteiger partial charge in [0.05, 0.1) is 0 Å². The average molecular weight is 494 g/mol. The maximum absolute atomic E-state index is 14.3. The predicted octanol–water partition coefficient (Wildman–Crippen LogP) is 6.35. The van der Waals surface area contributed by atoms with E-state index < -0.39 is 5.83 Å². The highest BCUT2D eigenvalue weighted by molar-refractivity contribution is 5.94. The number of carbonyl (C=O) groups is 1. The number of anilines is 1. The maximum atomic E-state index is 14.3. The Morgan fingerprint density at radius 3 is 2.32 bits per heavy atom. The van der Waals surface area contributed by atoms with Crippen LogP contribution in [-0.4, -0.2) is 10.9 Å². The third-order valence-corrected chi connectivity index (χ3v) is 7.62. The summed E-state index contributed by atoms with van der Waals surface area (Å²) in [7, 11) is 0. The molecule has 0 spiro atoms. The summed E-state index contributed by atoms with van der Waals surface area (Å²) >= 11 is 0. The lowest BCUT2D eigenvalue weighted by Gasteiger charge is -2.18. The van der Waals surface area contributed by atoms with Crippen LogP contribution < -0.4 is 11.1 Å². The number of allylic oxidation sites excluding steroid dienone is 4. The number of hydrogen-bond acceptors (Lipinski definition) is 4. The van der Waals surface area contributed by atoms with Crippen molar-refractivity contribution < 1.29 is 13.9 Å². The molecule has 37 heavy (non-hydrogen) atoms. The molecule has 3 heterocycles. The van der Waals surface area contributed by atoms with Gasteiger partial charge in [-0.25, -0.2) is 9.37 Å². The molecule has 0 unspecified atom stereocenters. The van der Waals surface area contributed by atoms with Gasteiger partial charge in [-0.1, -0.05) is 37.4 Å². The van der Waals surface area contributed by atoms with Crippen molar-refractivity contribution in [3.63, 3.8) is 0 Å². The van der Waals surface area contributed by atoms with Gasteiger partial charge in [-0.05, 0) is 95.0 Å². The molecule has 2 atom stereocenters. The SMILES string of the molecule is C=C/C(F)=C(\C=C)c1ccc2c(c1)[C@H]1O[C@@H]2c2ccc(C(=O)NCc3c(C4CC4)cc(N)nc3C)cc21. The molecule has 1 amide bonds. The second kappa shape index (κ2) is 8.82. The smallest absolute Gasteiger partial charge is 0.251 e. The van der Waals surface area contributed by atoms with E-state index in [-0.39, 0.29) is 18.1 Å². The number of pyridine rings is 1. The van der Waals surface area contributed by atoms with E-state index >= 15 is 0 Å². The van der Waals surface area contributed by atoms with Crippen LogP contribution in [0.15, 0.2) is 73.6 Å². The van der Waals surface area contributed by atoms with Crippen LogP contribution in [0.1, 0.15) is 86.0 Å². The van der Waals surface area contributed by atoms with E-state index in [2.05, 4.69) is 23.5 Å². The first-order valence-electron chi connectivity index (χ1n) is 12.5. The maximum Gasteiger partial charge on any atom is 0.251 e. The summed E-state index contributed by atoms with van der Waals surface area (Å²) < 4.78 is 20.6. The van der Waals surface area contributed by atoms with E-state index in [0.717, 1.165) is 51.9 Å². The standard InChI is InChI=1S/C31H28FN3O2/c1-4-20(27(32)5-2)18-8-10-21-24(12-18)30-25-13-19(9-11-22(25)29(21)37-30)31(36)34-15-26-16(3)35-28(33)14-23(26)17-6-7-17/h4-5,8-14,17,29-30H,1-2,6-7,15H2,3H3,(H2,33,35)(H,34,36)/b27-20-/t29-,30+/m0/s1. The van der Waals surface area contributed by atoms with E-state index in [0.29, 0.717) is 29.4 Å². The summed E-state index contributed by atoms with van der Waals surface area (Å²) in [5.41, 5.74) is 14.9. The molecule has 0 radical (unpaired) electrons. The molecular weight excluding hydrogens is 465 g/mol. The fourth-order valence-electron chi connectivity index (χ4n) is 5.63. The number of nitrogens with one attached hydrogen (secondary N) is 1. The van der Waals surface area contributed by atoms with Gasteiger partial charge in [-0.15, -0.1) is 0 Å². The fraction of sp³-hybridized carbons (Fsp3) is 0.226. The van der Waals surface area contributed by atoms with Gasteiger partial charge >= 0.3 is 0 Å². The largest absolute Gasteiger partial charge is 0.384 e. The van der Waals surface area contributed by atoms with Crippen molar-refractivity contribution in [3.8, 4) is 0 Å². The van der Waals surface area contributed by atoms with Crippen LogP contribution in [0.25, 0.3) is 5.57 Å². The van der Waals surface area contributed by atoms with Crippen molar-refractivity contribution in [2.24, 2.45) is 0 Å². The Labute approximate surface area is 215 Å². The number of amides is 1. The normalized spacial score (nSPS) is 19.6. The van der Waals surface area contributed by atoms with Gasteiger partial charge in [0.25, 0.3) is 5.91 Å². The highest BCUT2D eigenvalue weighted by atomic mass is 19.1. The topological polar surface area (TPSA) is 77.2 Å². The Hall–Kier alpha value is -4.03. The van der Waals surface area contributed by atoms with Gasteiger partial charge < -0.3 is 15.8 Å². The van der Waals surface area contributed by atoms with Gasteiger partial charge in [0, 0.05) is 23.4 Å². The van der Waals surface area contributed by atoms with Crippen LogP contribution in [0.3, 0.4) is 0 Å². The number of aryl methyl sites for hydroxylation is 1. The number of carbonyl (C=O) groups excluding carboxylic acids is 1. The van der Waals surface area contributed by atoms with Crippen LogP contribution >= 0.6 is 0 Å². The number of rotatable bonds is 7. The third-order valence-electron chi connectivity index (χ3n) is 7.62. The quantitative estimate of drug-likeness (QED) is 0.376. The number of benzene rings is 2. The molecule has 1 aromatic heterocycles. The number of nitrogen functional groups attached to an aromatic ring is 1. The van der Waals surface area contributed by atoms with E-state index in [9.17, 15) is 9.18 Å². The number of aromatic nitrogens is 1. The molecule has 2 aromatic carbocycles. The molecule has 3 aliphatic rings. The van der Waals surface area contributed by atoms with Crippen molar-refractivity contribution in [2.45, 2.75) is 44.4 Å². The van der Waals surface area contributed by atoms with E-state index in [1.165, 1.54) is 17.7 Å². The highest BCUT2D eigenvalue weighted by Gasteiger charge is 2.43.